The van der Waals surface area contributed by atoms with Crippen molar-refractivity contribution in [3.05, 3.63) is 0 Å². The van der Waals surface area contributed by atoms with Gasteiger partial charge in [-0.3, -0.25) is 0 Å². The van der Waals surface area contributed by atoms with Crippen molar-refractivity contribution in [2.45, 2.75) is 39.2 Å². The zero-order chi connectivity index (χ0) is 12.6. The van der Waals surface area contributed by atoms with E-state index in [4.69, 9.17) is 10.5 Å². The first-order valence-corrected chi connectivity index (χ1v) is 6.57. The average Bonchev–Trinajstić information content (AvgIpc) is 2.70. The van der Waals surface area contributed by atoms with Crippen molar-refractivity contribution in [2.24, 2.45) is 23.5 Å². The molecule has 0 bridgehead atoms. The summed E-state index contributed by atoms with van der Waals surface area (Å²) in [5.41, 5.74) is 5.32. The quantitative estimate of drug-likeness (QED) is 0.761. The van der Waals surface area contributed by atoms with Gasteiger partial charge in [-0.25, -0.2) is 4.79 Å². The molecule has 0 radical (unpaired) electrons. The van der Waals surface area contributed by atoms with Crippen molar-refractivity contribution < 1.29 is 9.53 Å². The molecular weight excluding hydrogens is 216 g/mol. The summed E-state index contributed by atoms with van der Waals surface area (Å²) >= 11 is 0. The Bertz CT molecular complexity index is 284. The monoisotopic (exact) mass is 240 g/mol. The van der Waals surface area contributed by atoms with E-state index in [0.717, 1.165) is 19.6 Å². The molecule has 0 spiro atoms. The molecule has 4 nitrogen and oxygen atoms in total. The van der Waals surface area contributed by atoms with Gasteiger partial charge in [0.25, 0.3) is 0 Å². The Morgan fingerprint density at radius 2 is 1.82 bits per heavy atom. The molecule has 98 valence electrons. The lowest BCUT2D eigenvalue weighted by atomic mass is 10.0. The minimum absolute atomic E-state index is 0.156. The summed E-state index contributed by atoms with van der Waals surface area (Å²) in [7, 11) is 0. The smallest absolute Gasteiger partial charge is 0.410 e. The van der Waals surface area contributed by atoms with Gasteiger partial charge in [-0.15, -0.1) is 0 Å². The van der Waals surface area contributed by atoms with Crippen LogP contribution in [-0.4, -0.2) is 36.2 Å². The number of carbonyl (C=O) groups is 1. The second kappa shape index (κ2) is 4.48. The van der Waals surface area contributed by atoms with Gasteiger partial charge in [-0.1, -0.05) is 0 Å². The Balaban J connectivity index is 1.86. The summed E-state index contributed by atoms with van der Waals surface area (Å²) in [6.07, 6.45) is 2.21. The molecule has 3 atom stereocenters. The number of ether oxygens (including phenoxy) is 1. The number of hydrogen-bond acceptors (Lipinski definition) is 3. The van der Waals surface area contributed by atoms with E-state index in [1.54, 1.807) is 0 Å². The molecule has 0 aromatic rings. The van der Waals surface area contributed by atoms with Gasteiger partial charge in [0.2, 0.25) is 0 Å². The van der Waals surface area contributed by atoms with Crippen LogP contribution in [0, 0.1) is 17.8 Å². The van der Waals surface area contributed by atoms with E-state index >= 15 is 0 Å². The van der Waals surface area contributed by atoms with Crippen LogP contribution in [0.4, 0.5) is 4.79 Å². The highest BCUT2D eigenvalue weighted by Gasteiger charge is 2.42. The van der Waals surface area contributed by atoms with E-state index < -0.39 is 5.60 Å². The molecular formula is C13H24N2O2. The maximum Gasteiger partial charge on any atom is 0.410 e. The Labute approximate surface area is 103 Å². The number of nitrogens with two attached hydrogens (primary N) is 1. The number of hydrogen-bond donors (Lipinski definition) is 1. The second-order valence-electron chi connectivity index (χ2n) is 6.48. The van der Waals surface area contributed by atoms with E-state index in [0.29, 0.717) is 17.8 Å². The van der Waals surface area contributed by atoms with Crippen molar-refractivity contribution in [3.8, 4) is 0 Å². The van der Waals surface area contributed by atoms with Gasteiger partial charge in [0, 0.05) is 13.1 Å². The number of rotatable bonds is 1. The van der Waals surface area contributed by atoms with Gasteiger partial charge in [-0.05, 0) is 57.9 Å². The van der Waals surface area contributed by atoms with Crippen LogP contribution in [0.2, 0.25) is 0 Å². The van der Waals surface area contributed by atoms with E-state index in [2.05, 4.69) is 0 Å². The Kier molecular flexibility index (Phi) is 3.34. The molecule has 1 saturated carbocycles. The highest BCUT2D eigenvalue weighted by Crippen LogP contribution is 2.41. The number of fused-ring (bicyclic) bond motifs is 1. The second-order valence-corrected chi connectivity index (χ2v) is 6.48. The predicted octanol–water partition coefficient (Wildman–Crippen LogP) is 1.84. The van der Waals surface area contributed by atoms with Crippen molar-refractivity contribution in [3.63, 3.8) is 0 Å². The van der Waals surface area contributed by atoms with Crippen LogP contribution in [0.3, 0.4) is 0 Å². The van der Waals surface area contributed by atoms with Crippen molar-refractivity contribution in [2.75, 3.05) is 19.6 Å². The maximum atomic E-state index is 11.9. The molecule has 1 aliphatic heterocycles. The minimum atomic E-state index is -0.394. The summed E-state index contributed by atoms with van der Waals surface area (Å²) in [5.74, 6) is 1.97. The zero-order valence-corrected chi connectivity index (χ0v) is 11.1. The fraction of sp³-hybridized carbons (Fsp3) is 0.923. The molecule has 1 saturated heterocycles. The Morgan fingerprint density at radius 1 is 1.29 bits per heavy atom. The molecule has 1 aliphatic carbocycles. The van der Waals surface area contributed by atoms with Gasteiger partial charge in [0.1, 0.15) is 5.60 Å². The van der Waals surface area contributed by atoms with Crippen LogP contribution in [0.1, 0.15) is 33.6 Å². The van der Waals surface area contributed by atoms with Crippen LogP contribution in [0.5, 0.6) is 0 Å². The summed E-state index contributed by atoms with van der Waals surface area (Å²) in [5, 5.41) is 0. The molecule has 0 aromatic heterocycles. The fourth-order valence-corrected chi connectivity index (χ4v) is 3.09. The molecule has 4 heteroatoms. The Hall–Kier alpha value is -0.770. The van der Waals surface area contributed by atoms with Crippen molar-refractivity contribution >= 4 is 6.09 Å². The normalized spacial score (nSPS) is 32.7. The van der Waals surface area contributed by atoms with Crippen LogP contribution in [-0.2, 0) is 4.74 Å². The number of nitrogens with zero attached hydrogens (tertiary/aromatic N) is 1. The minimum Gasteiger partial charge on any atom is -0.444 e. The molecule has 1 amide bonds. The molecule has 2 N–H and O–H groups in total. The van der Waals surface area contributed by atoms with Gasteiger partial charge in [0.05, 0.1) is 0 Å². The van der Waals surface area contributed by atoms with E-state index in [9.17, 15) is 4.79 Å². The summed E-state index contributed by atoms with van der Waals surface area (Å²) in [6, 6.07) is 0. The average molecular weight is 240 g/mol. The summed E-state index contributed by atoms with van der Waals surface area (Å²) in [6.45, 7) is 8.23. The lowest BCUT2D eigenvalue weighted by molar-refractivity contribution is 0.0278. The molecule has 0 aromatic carbocycles. The molecule has 2 rings (SSSR count). The zero-order valence-electron chi connectivity index (χ0n) is 11.1. The van der Waals surface area contributed by atoms with Crippen LogP contribution in [0.25, 0.3) is 0 Å². The lowest BCUT2D eigenvalue weighted by Gasteiger charge is -2.25. The molecule has 17 heavy (non-hydrogen) atoms. The molecule has 1 heterocycles. The third kappa shape index (κ3) is 2.92. The van der Waals surface area contributed by atoms with E-state index in [1.165, 1.54) is 12.8 Å². The number of carbonyl (C=O) groups excluding carboxylic acids is 1. The van der Waals surface area contributed by atoms with Crippen LogP contribution < -0.4 is 5.73 Å². The lowest BCUT2D eigenvalue weighted by Crippen LogP contribution is -2.36. The van der Waals surface area contributed by atoms with E-state index in [1.807, 2.05) is 25.7 Å². The van der Waals surface area contributed by atoms with Gasteiger partial charge < -0.3 is 15.4 Å². The standard InChI is InChI=1S/C13H24N2O2/c1-13(2,3)17-12(16)15-7-10-4-9(6-14)5-11(10)8-15/h9-11H,4-8,14H2,1-3H3/t9?,10-,11+. The van der Waals surface area contributed by atoms with Crippen molar-refractivity contribution in [1.29, 1.82) is 0 Å². The summed E-state index contributed by atoms with van der Waals surface area (Å²) < 4.78 is 5.40. The van der Waals surface area contributed by atoms with Crippen LogP contribution in [0.15, 0.2) is 0 Å². The number of likely N-dealkylation sites (tertiary alicyclic amines) is 1. The van der Waals surface area contributed by atoms with E-state index in [-0.39, 0.29) is 6.09 Å². The summed E-state index contributed by atoms with van der Waals surface area (Å²) in [4.78, 5) is 13.8. The number of amides is 1. The third-order valence-corrected chi connectivity index (χ3v) is 3.83. The first kappa shape index (κ1) is 12.7. The molecule has 2 fully saturated rings. The van der Waals surface area contributed by atoms with Crippen molar-refractivity contribution in [1.82, 2.24) is 4.90 Å². The fourth-order valence-electron chi connectivity index (χ4n) is 3.09. The largest absolute Gasteiger partial charge is 0.444 e. The first-order valence-electron chi connectivity index (χ1n) is 6.57. The molecule has 1 unspecified atom stereocenters. The topological polar surface area (TPSA) is 55.6 Å². The highest BCUT2D eigenvalue weighted by molar-refractivity contribution is 5.68. The molecule has 2 aliphatic rings. The predicted molar refractivity (Wildman–Crippen MR) is 66.6 cm³/mol. The SMILES string of the molecule is CC(C)(C)OC(=O)N1C[C@H]2CC(CN)C[C@H]2C1. The first-order chi connectivity index (χ1) is 7.89. The van der Waals surface area contributed by atoms with Gasteiger partial charge in [0.15, 0.2) is 0 Å². The third-order valence-electron chi connectivity index (χ3n) is 3.83. The van der Waals surface area contributed by atoms with Gasteiger partial charge in [-0.2, -0.15) is 0 Å². The van der Waals surface area contributed by atoms with Gasteiger partial charge >= 0.3 is 6.09 Å². The van der Waals surface area contributed by atoms with Crippen LogP contribution >= 0.6 is 0 Å². The Morgan fingerprint density at radius 3 is 2.24 bits per heavy atom. The highest BCUT2D eigenvalue weighted by atomic mass is 16.6. The maximum absolute atomic E-state index is 11.9.